The van der Waals surface area contributed by atoms with Crippen molar-refractivity contribution >= 4 is 5.91 Å². The summed E-state index contributed by atoms with van der Waals surface area (Å²) in [5, 5.41) is 7.64. The molecule has 8 nitrogen and oxygen atoms in total. The van der Waals surface area contributed by atoms with Crippen LogP contribution in [0.5, 0.6) is 0 Å². The molecule has 4 heterocycles. The minimum absolute atomic E-state index is 0.0138. The van der Waals surface area contributed by atoms with Crippen molar-refractivity contribution in [2.75, 3.05) is 0 Å². The van der Waals surface area contributed by atoms with Gasteiger partial charge in [-0.1, -0.05) is 18.2 Å². The zero-order valence-electron chi connectivity index (χ0n) is 17.5. The van der Waals surface area contributed by atoms with Crippen molar-refractivity contribution in [1.29, 1.82) is 0 Å². The molecule has 1 N–H and O–H groups in total. The molecule has 1 atom stereocenters. The SMILES string of the molecule is O=C(NC1CCc2nn(Cc3cccnc3)c(=O)n2CC1)c1ccc(-c2ccco2)cc1. The Bertz CT molecular complexity index is 1260. The lowest BCUT2D eigenvalue weighted by atomic mass is 10.1. The molecule has 0 saturated heterocycles. The molecular weight excluding hydrogens is 406 g/mol. The second-order valence-electron chi connectivity index (χ2n) is 7.92. The minimum atomic E-state index is -0.121. The maximum Gasteiger partial charge on any atom is 0.346 e. The molecule has 32 heavy (non-hydrogen) atoms. The van der Waals surface area contributed by atoms with Gasteiger partial charge in [0.05, 0.1) is 12.8 Å². The second-order valence-corrected chi connectivity index (χ2v) is 7.92. The predicted molar refractivity (Wildman–Crippen MR) is 118 cm³/mol. The fourth-order valence-corrected chi connectivity index (χ4v) is 4.04. The number of carbonyl (C=O) groups is 1. The summed E-state index contributed by atoms with van der Waals surface area (Å²) < 4.78 is 8.61. The van der Waals surface area contributed by atoms with Crippen LogP contribution in [0.2, 0.25) is 0 Å². The van der Waals surface area contributed by atoms with Gasteiger partial charge in [-0.05, 0) is 48.7 Å². The van der Waals surface area contributed by atoms with E-state index in [-0.39, 0.29) is 17.6 Å². The molecule has 0 saturated carbocycles. The van der Waals surface area contributed by atoms with Gasteiger partial charge in [0.15, 0.2) is 0 Å². The highest BCUT2D eigenvalue weighted by molar-refractivity contribution is 5.94. The molecule has 4 aromatic rings. The van der Waals surface area contributed by atoms with E-state index in [0.29, 0.717) is 31.5 Å². The topological polar surface area (TPSA) is 95.0 Å². The molecule has 0 bridgehead atoms. The van der Waals surface area contributed by atoms with Crippen molar-refractivity contribution < 1.29 is 9.21 Å². The Kier molecular flexibility index (Phi) is 5.41. The molecule has 8 heteroatoms. The molecule has 5 rings (SSSR count). The van der Waals surface area contributed by atoms with Crippen LogP contribution in [0.3, 0.4) is 0 Å². The number of aromatic nitrogens is 4. The molecule has 1 aromatic carbocycles. The van der Waals surface area contributed by atoms with Gasteiger partial charge in [0, 0.05) is 42.5 Å². The summed E-state index contributed by atoms with van der Waals surface area (Å²) in [6, 6.07) is 14.8. The number of aryl methyl sites for hydroxylation is 1. The van der Waals surface area contributed by atoms with Gasteiger partial charge >= 0.3 is 5.69 Å². The molecule has 3 aromatic heterocycles. The quantitative estimate of drug-likeness (QED) is 0.526. The smallest absolute Gasteiger partial charge is 0.346 e. The van der Waals surface area contributed by atoms with Gasteiger partial charge < -0.3 is 9.73 Å². The van der Waals surface area contributed by atoms with Crippen LogP contribution in [0, 0.1) is 0 Å². The first-order valence-corrected chi connectivity index (χ1v) is 10.7. The van der Waals surface area contributed by atoms with E-state index in [2.05, 4.69) is 15.4 Å². The fourth-order valence-electron chi connectivity index (χ4n) is 4.04. The standard InChI is InChI=1S/C24H23N5O3/c30-23(19-7-5-18(6-8-19)21-4-2-14-32-21)26-20-9-10-22-27-29(24(31)28(22)13-11-20)16-17-3-1-12-25-15-17/h1-8,12,14-15,20H,9-11,13,16H2,(H,26,30). The van der Waals surface area contributed by atoms with Gasteiger partial charge in [-0.25, -0.2) is 9.48 Å². The molecular formula is C24H23N5O3. The molecule has 1 amide bonds. The Labute approximate surface area is 184 Å². The van der Waals surface area contributed by atoms with E-state index in [1.54, 1.807) is 35.4 Å². The van der Waals surface area contributed by atoms with Crippen LogP contribution >= 0.6 is 0 Å². The third kappa shape index (κ3) is 4.12. The summed E-state index contributed by atoms with van der Waals surface area (Å²) in [6.07, 6.45) is 7.12. The number of carbonyl (C=O) groups excluding carboxylic acids is 1. The second kappa shape index (κ2) is 8.66. The fraction of sp³-hybridized carbons (Fsp3) is 0.250. The first kappa shape index (κ1) is 20.0. The molecule has 1 aliphatic heterocycles. The van der Waals surface area contributed by atoms with Crippen LogP contribution in [0.15, 0.2) is 76.4 Å². The number of benzene rings is 1. The van der Waals surface area contributed by atoms with E-state index in [1.807, 2.05) is 36.4 Å². The largest absolute Gasteiger partial charge is 0.464 e. The predicted octanol–water partition coefficient (Wildman–Crippen LogP) is 2.88. The van der Waals surface area contributed by atoms with Crippen LogP contribution in [-0.4, -0.2) is 31.3 Å². The zero-order valence-corrected chi connectivity index (χ0v) is 17.5. The summed E-state index contributed by atoms with van der Waals surface area (Å²) in [4.78, 5) is 29.6. The van der Waals surface area contributed by atoms with Crippen molar-refractivity contribution in [1.82, 2.24) is 24.6 Å². The average Bonchev–Trinajstić information content (AvgIpc) is 3.40. The van der Waals surface area contributed by atoms with Crippen LogP contribution in [-0.2, 0) is 19.5 Å². The normalized spacial score (nSPS) is 15.7. The van der Waals surface area contributed by atoms with Gasteiger partial charge in [0.25, 0.3) is 5.91 Å². The van der Waals surface area contributed by atoms with E-state index in [9.17, 15) is 9.59 Å². The van der Waals surface area contributed by atoms with Gasteiger partial charge in [-0.15, -0.1) is 0 Å². The summed E-state index contributed by atoms with van der Waals surface area (Å²) >= 11 is 0. The lowest BCUT2D eigenvalue weighted by molar-refractivity contribution is 0.0933. The van der Waals surface area contributed by atoms with E-state index in [1.165, 1.54) is 4.68 Å². The van der Waals surface area contributed by atoms with E-state index >= 15 is 0 Å². The number of rotatable bonds is 5. The molecule has 0 aliphatic carbocycles. The minimum Gasteiger partial charge on any atom is -0.464 e. The van der Waals surface area contributed by atoms with E-state index < -0.39 is 0 Å². The maximum absolute atomic E-state index is 12.8. The maximum atomic E-state index is 12.8. The number of fused-ring (bicyclic) bond motifs is 1. The van der Waals surface area contributed by atoms with Gasteiger partial charge in [0.2, 0.25) is 0 Å². The Hall–Kier alpha value is -3.94. The highest BCUT2D eigenvalue weighted by Crippen LogP contribution is 2.20. The Morgan fingerprint density at radius 1 is 1.12 bits per heavy atom. The summed E-state index contributed by atoms with van der Waals surface area (Å²) in [5.74, 6) is 1.41. The van der Waals surface area contributed by atoms with Crippen molar-refractivity contribution in [3.8, 4) is 11.3 Å². The number of furan rings is 1. The number of nitrogens with one attached hydrogen (secondary N) is 1. The van der Waals surface area contributed by atoms with Crippen LogP contribution < -0.4 is 11.0 Å². The van der Waals surface area contributed by atoms with Crippen LogP contribution in [0.1, 0.15) is 34.6 Å². The number of hydrogen-bond acceptors (Lipinski definition) is 5. The van der Waals surface area contributed by atoms with Crippen LogP contribution in [0.25, 0.3) is 11.3 Å². The first-order chi connectivity index (χ1) is 15.7. The first-order valence-electron chi connectivity index (χ1n) is 10.7. The lowest BCUT2D eigenvalue weighted by Crippen LogP contribution is -2.35. The molecule has 0 radical (unpaired) electrons. The van der Waals surface area contributed by atoms with E-state index in [4.69, 9.17) is 4.42 Å². The molecule has 162 valence electrons. The summed E-state index contributed by atoms with van der Waals surface area (Å²) in [6.45, 7) is 0.935. The van der Waals surface area contributed by atoms with E-state index in [0.717, 1.165) is 29.1 Å². The van der Waals surface area contributed by atoms with Crippen molar-refractivity contribution in [2.24, 2.45) is 0 Å². The molecule has 0 fully saturated rings. The summed E-state index contributed by atoms with van der Waals surface area (Å²) in [5.41, 5.74) is 2.34. The van der Waals surface area contributed by atoms with Gasteiger partial charge in [-0.2, -0.15) is 5.10 Å². The average molecular weight is 429 g/mol. The monoisotopic (exact) mass is 429 g/mol. The molecule has 0 spiro atoms. The van der Waals surface area contributed by atoms with Gasteiger partial charge in [-0.3, -0.25) is 14.3 Å². The summed E-state index contributed by atoms with van der Waals surface area (Å²) in [7, 11) is 0. The number of pyridine rings is 1. The number of nitrogens with zero attached hydrogens (tertiary/aromatic N) is 4. The highest BCUT2D eigenvalue weighted by atomic mass is 16.3. The van der Waals surface area contributed by atoms with Crippen LogP contribution in [0.4, 0.5) is 0 Å². The van der Waals surface area contributed by atoms with Crippen molar-refractivity contribution in [3.63, 3.8) is 0 Å². The zero-order chi connectivity index (χ0) is 21.9. The van der Waals surface area contributed by atoms with Crippen molar-refractivity contribution in [2.45, 2.75) is 38.4 Å². The van der Waals surface area contributed by atoms with Gasteiger partial charge in [0.1, 0.15) is 11.6 Å². The molecule has 1 unspecified atom stereocenters. The third-order valence-corrected chi connectivity index (χ3v) is 5.76. The number of amides is 1. The molecule has 1 aliphatic rings. The Balaban J connectivity index is 1.22. The lowest BCUT2D eigenvalue weighted by Gasteiger charge is -2.16. The highest BCUT2D eigenvalue weighted by Gasteiger charge is 2.22. The Morgan fingerprint density at radius 2 is 2.00 bits per heavy atom. The van der Waals surface area contributed by atoms with Crippen molar-refractivity contribution in [3.05, 3.63) is 94.6 Å². The third-order valence-electron chi connectivity index (χ3n) is 5.76. The Morgan fingerprint density at radius 3 is 2.75 bits per heavy atom. The number of hydrogen-bond donors (Lipinski definition) is 1.